The molecule has 3 saturated heterocycles. The molecule has 2 aromatic carbocycles. The summed E-state index contributed by atoms with van der Waals surface area (Å²) < 4.78 is 5.94. The molecule has 3 aliphatic heterocycles. The average molecular weight is 655 g/mol. The molecule has 4 N–H and O–H groups in total. The van der Waals surface area contributed by atoms with Gasteiger partial charge in [-0.1, -0.05) is 37.1 Å². The molecule has 11 rings (SSSR count). The van der Waals surface area contributed by atoms with E-state index in [1.54, 1.807) is 22.3 Å². The van der Waals surface area contributed by atoms with Crippen LogP contribution in [0.1, 0.15) is 117 Å². The number of piperidine rings is 1. The quantitative estimate of drug-likeness (QED) is 0.176. The van der Waals surface area contributed by atoms with Crippen molar-refractivity contribution >= 4 is 0 Å². The molecule has 2 unspecified atom stereocenters. The molecule has 2 bridgehead atoms. The maximum absolute atomic E-state index is 5.94. The van der Waals surface area contributed by atoms with E-state index in [0.29, 0.717) is 29.0 Å². The molecular weight excluding hydrogens is 605 g/mol. The third kappa shape index (κ3) is 4.71. The fourth-order valence-corrected chi connectivity index (χ4v) is 11.8. The molecule has 2 saturated carbocycles. The number of rotatable bonds is 5. The average Bonchev–Trinajstić information content (AvgIpc) is 3.97. The summed E-state index contributed by atoms with van der Waals surface area (Å²) in [6.07, 6.45) is 23.1. The van der Waals surface area contributed by atoms with Gasteiger partial charge in [0.15, 0.2) is 0 Å². The summed E-state index contributed by atoms with van der Waals surface area (Å²) in [5.41, 5.74) is 15.2. The molecule has 7 heteroatoms. The Bertz CT molecular complexity index is 1920. The highest BCUT2D eigenvalue weighted by Crippen LogP contribution is 2.55. The number of fused-ring (bicyclic) bond motifs is 4. The highest BCUT2D eigenvalue weighted by molar-refractivity contribution is 5.83. The second-order valence-corrected chi connectivity index (χ2v) is 17.2. The Hall–Kier alpha value is -3.26. The molecule has 4 aromatic rings. The Kier molecular flexibility index (Phi) is 6.69. The topological polar surface area (TPSA) is 90.6 Å². The van der Waals surface area contributed by atoms with Crippen LogP contribution >= 0.6 is 0 Å². The van der Waals surface area contributed by atoms with Crippen LogP contribution in [0.3, 0.4) is 0 Å². The van der Waals surface area contributed by atoms with E-state index < -0.39 is 0 Å². The van der Waals surface area contributed by atoms with Gasteiger partial charge < -0.3 is 25.3 Å². The van der Waals surface area contributed by atoms with Crippen molar-refractivity contribution in [2.45, 2.75) is 114 Å². The van der Waals surface area contributed by atoms with Gasteiger partial charge in [-0.05, 0) is 140 Å². The molecule has 7 nitrogen and oxygen atoms in total. The Morgan fingerprint density at radius 2 is 1.22 bits per heavy atom. The Balaban J connectivity index is 1.02. The first-order chi connectivity index (χ1) is 24.1. The highest BCUT2D eigenvalue weighted by atomic mass is 16.5. The zero-order valence-electron chi connectivity index (χ0n) is 28.8. The van der Waals surface area contributed by atoms with E-state index >= 15 is 0 Å². The van der Waals surface area contributed by atoms with Gasteiger partial charge >= 0.3 is 0 Å². The molecular formula is C42H50N6O. The number of nitrogens with zero attached hydrogens (tertiary/aromatic N) is 2. The van der Waals surface area contributed by atoms with Gasteiger partial charge in [0.05, 0.1) is 35.9 Å². The Morgan fingerprint density at radius 1 is 0.633 bits per heavy atom. The summed E-state index contributed by atoms with van der Waals surface area (Å²) in [5, 5.41) is 7.50. The number of aromatic amines is 2. The molecule has 4 atom stereocenters. The highest BCUT2D eigenvalue weighted by Gasteiger charge is 2.45. The van der Waals surface area contributed by atoms with E-state index in [1.165, 1.54) is 104 Å². The fourth-order valence-electron chi connectivity index (χ4n) is 11.8. The molecule has 5 fully saturated rings. The van der Waals surface area contributed by atoms with Crippen molar-refractivity contribution in [3.63, 3.8) is 0 Å². The van der Waals surface area contributed by atoms with Gasteiger partial charge in [0.25, 0.3) is 0 Å². The van der Waals surface area contributed by atoms with E-state index in [2.05, 4.69) is 57.3 Å². The number of H-pyrrole nitrogens is 2. The minimum atomic E-state index is 0.302. The summed E-state index contributed by atoms with van der Waals surface area (Å²) in [6, 6.07) is 11.3. The van der Waals surface area contributed by atoms with Gasteiger partial charge in [0, 0.05) is 30.4 Å². The first kappa shape index (κ1) is 29.5. The van der Waals surface area contributed by atoms with Crippen LogP contribution in [0.15, 0.2) is 36.7 Å². The first-order valence-electron chi connectivity index (χ1n) is 19.6. The lowest BCUT2D eigenvalue weighted by Crippen LogP contribution is -2.30. The van der Waals surface area contributed by atoms with Crippen molar-refractivity contribution in [1.29, 1.82) is 0 Å². The summed E-state index contributed by atoms with van der Waals surface area (Å²) in [5.74, 6) is 2.97. The van der Waals surface area contributed by atoms with Crippen LogP contribution in [-0.4, -0.2) is 45.7 Å². The maximum Gasteiger partial charge on any atom is 0.124 e. The van der Waals surface area contributed by atoms with Gasteiger partial charge in [0.2, 0.25) is 0 Å². The predicted molar refractivity (Wildman–Crippen MR) is 192 cm³/mol. The third-order valence-corrected chi connectivity index (χ3v) is 14.4. The minimum absolute atomic E-state index is 0.302. The van der Waals surface area contributed by atoms with E-state index in [-0.39, 0.29) is 0 Å². The van der Waals surface area contributed by atoms with Gasteiger partial charge in [-0.2, -0.15) is 0 Å². The predicted octanol–water partition coefficient (Wildman–Crippen LogP) is 7.93. The number of benzene rings is 2. The summed E-state index contributed by atoms with van der Waals surface area (Å²) in [4.78, 5) is 17.5. The summed E-state index contributed by atoms with van der Waals surface area (Å²) >= 11 is 0. The van der Waals surface area contributed by atoms with Crippen molar-refractivity contribution in [3.05, 3.63) is 70.6 Å². The normalized spacial score (nSPS) is 29.1. The monoisotopic (exact) mass is 654 g/mol. The zero-order valence-corrected chi connectivity index (χ0v) is 28.8. The number of aromatic nitrogens is 4. The standard InChI is InChI=1S/C42H50N6O/c1-2-12-41(11-1)19-31-27(7-9-29(33(31)21-41)36-23-44-39(47-36)35-4-3-15-43-35)28-8-10-30(34-22-42(20-32(28)34)13-16-49-17-14-42)37-24-45-40(48-37)38-25-5-6-26(18-25)46-38/h7-10,23-26,35,38,43,46H,1-6,11-22H2,(H,44,47)(H,45,48)/t25?,26?,35-,38-/m0/s1. The first-order valence-corrected chi connectivity index (χ1v) is 19.6. The number of imidazole rings is 2. The van der Waals surface area contributed by atoms with Crippen LogP contribution in [0, 0.1) is 16.7 Å². The molecule has 5 heterocycles. The van der Waals surface area contributed by atoms with Crippen molar-refractivity contribution < 1.29 is 4.74 Å². The molecule has 7 aliphatic rings. The number of hydrogen-bond acceptors (Lipinski definition) is 5. The lowest BCUT2D eigenvalue weighted by Gasteiger charge is -2.33. The van der Waals surface area contributed by atoms with Crippen molar-refractivity contribution in [1.82, 2.24) is 30.6 Å². The second kappa shape index (κ2) is 11.1. The lowest BCUT2D eigenvalue weighted by atomic mass is 9.77. The fraction of sp³-hybridized carbons (Fsp3) is 0.571. The number of ether oxygens (including phenoxy) is 1. The van der Waals surface area contributed by atoms with Gasteiger partial charge in [-0.3, -0.25) is 0 Å². The summed E-state index contributed by atoms with van der Waals surface area (Å²) in [7, 11) is 0. The van der Waals surface area contributed by atoms with Crippen LogP contribution in [0.5, 0.6) is 0 Å². The molecule has 2 spiro atoms. The van der Waals surface area contributed by atoms with Crippen molar-refractivity contribution in [2.24, 2.45) is 16.7 Å². The van der Waals surface area contributed by atoms with Gasteiger partial charge in [-0.25, -0.2) is 9.97 Å². The minimum Gasteiger partial charge on any atom is -0.381 e. The van der Waals surface area contributed by atoms with E-state index in [0.717, 1.165) is 63.0 Å². The Morgan fingerprint density at radius 3 is 1.82 bits per heavy atom. The van der Waals surface area contributed by atoms with Crippen LogP contribution in [0.25, 0.3) is 33.6 Å². The zero-order chi connectivity index (χ0) is 32.2. The van der Waals surface area contributed by atoms with E-state index in [4.69, 9.17) is 14.7 Å². The molecule has 49 heavy (non-hydrogen) atoms. The molecule has 0 amide bonds. The van der Waals surface area contributed by atoms with Crippen molar-refractivity contribution in [2.75, 3.05) is 19.8 Å². The van der Waals surface area contributed by atoms with Crippen molar-refractivity contribution in [3.8, 4) is 33.6 Å². The largest absolute Gasteiger partial charge is 0.381 e. The lowest BCUT2D eigenvalue weighted by molar-refractivity contribution is 0.0199. The number of nitrogens with one attached hydrogen (secondary N) is 4. The maximum atomic E-state index is 5.94. The molecule has 2 aromatic heterocycles. The third-order valence-electron chi connectivity index (χ3n) is 14.4. The molecule has 254 valence electrons. The van der Waals surface area contributed by atoms with Gasteiger partial charge in [-0.15, -0.1) is 0 Å². The number of hydrogen-bond donors (Lipinski definition) is 4. The van der Waals surface area contributed by atoms with Crippen LogP contribution in [0.2, 0.25) is 0 Å². The SMILES string of the molecule is c1nc([C@@H]2CCCN2)[nH]c1-c1ccc(-c2ccc(-c3cnc([C@H]4NC5CCC4C5)[nH]3)c3c2CC2(CCOCC2)C3)c2c1CC1(CCCC1)C2. The van der Waals surface area contributed by atoms with Crippen LogP contribution < -0.4 is 10.6 Å². The van der Waals surface area contributed by atoms with Crippen LogP contribution in [-0.2, 0) is 30.4 Å². The molecule has 4 aliphatic carbocycles. The smallest absolute Gasteiger partial charge is 0.124 e. The molecule has 0 radical (unpaired) electrons. The van der Waals surface area contributed by atoms with E-state index in [1.807, 2.05) is 0 Å². The van der Waals surface area contributed by atoms with Crippen LogP contribution in [0.4, 0.5) is 0 Å². The van der Waals surface area contributed by atoms with E-state index in [9.17, 15) is 0 Å². The van der Waals surface area contributed by atoms with Gasteiger partial charge in [0.1, 0.15) is 11.6 Å². The summed E-state index contributed by atoms with van der Waals surface area (Å²) in [6.45, 7) is 2.86. The second-order valence-electron chi connectivity index (χ2n) is 17.2. The Labute approximate surface area is 289 Å².